The molecule has 1 N–H and O–H groups in total. The number of anilines is 2. The number of barbiturate groups is 1. The minimum atomic E-state index is -1.33. The van der Waals surface area contributed by atoms with E-state index < -0.39 is 23.3 Å². The van der Waals surface area contributed by atoms with Crippen LogP contribution in [0.4, 0.5) is 16.2 Å². The number of rotatable bonds is 1. The summed E-state index contributed by atoms with van der Waals surface area (Å²) in [5.41, 5.74) is 4.04. The van der Waals surface area contributed by atoms with Gasteiger partial charge in [0.1, 0.15) is 0 Å². The van der Waals surface area contributed by atoms with E-state index >= 15 is 0 Å². The molecule has 1 unspecified atom stereocenters. The van der Waals surface area contributed by atoms with Gasteiger partial charge in [0.2, 0.25) is 5.91 Å². The number of hydrogen-bond acceptors (Lipinski definition) is 4. The molecule has 1 fully saturated rings. The van der Waals surface area contributed by atoms with Crippen LogP contribution in [0.2, 0.25) is 0 Å². The van der Waals surface area contributed by atoms with E-state index in [9.17, 15) is 14.4 Å². The molecular formula is C22H23N3O3. The fraction of sp³-hybridized carbons (Fsp3) is 0.318. The molecule has 28 heavy (non-hydrogen) atoms. The molecule has 0 saturated carbocycles. The van der Waals surface area contributed by atoms with Crippen molar-refractivity contribution >= 4 is 29.2 Å². The first-order valence-corrected chi connectivity index (χ1v) is 9.31. The van der Waals surface area contributed by atoms with E-state index in [0.717, 1.165) is 32.8 Å². The quantitative estimate of drug-likeness (QED) is 0.776. The Morgan fingerprint density at radius 2 is 1.57 bits per heavy atom. The van der Waals surface area contributed by atoms with Crippen LogP contribution in [0.15, 0.2) is 36.4 Å². The maximum atomic E-state index is 13.6. The number of fused-ring (bicyclic) bond motifs is 1. The number of imide groups is 2. The number of hydrogen-bond donors (Lipinski definition) is 1. The van der Waals surface area contributed by atoms with E-state index in [1.54, 1.807) is 6.07 Å². The van der Waals surface area contributed by atoms with Crippen molar-refractivity contribution in [1.82, 2.24) is 5.32 Å². The summed E-state index contributed by atoms with van der Waals surface area (Å²) in [5.74, 6) is -0.991. The van der Waals surface area contributed by atoms with Crippen molar-refractivity contribution in [1.29, 1.82) is 0 Å². The number of nitrogens with one attached hydrogen (secondary N) is 1. The van der Waals surface area contributed by atoms with Crippen molar-refractivity contribution in [3.8, 4) is 0 Å². The molecule has 0 bridgehead atoms. The number of urea groups is 1. The minimum Gasteiger partial charge on any atom is -0.373 e. The van der Waals surface area contributed by atoms with Crippen LogP contribution in [0.1, 0.15) is 22.3 Å². The summed E-state index contributed by atoms with van der Waals surface area (Å²) in [7, 11) is 1.87. The van der Waals surface area contributed by atoms with Gasteiger partial charge in [-0.3, -0.25) is 14.9 Å². The summed E-state index contributed by atoms with van der Waals surface area (Å²) in [4.78, 5) is 42.2. The van der Waals surface area contributed by atoms with Crippen molar-refractivity contribution in [3.63, 3.8) is 0 Å². The predicted molar refractivity (Wildman–Crippen MR) is 108 cm³/mol. The monoisotopic (exact) mass is 377 g/mol. The van der Waals surface area contributed by atoms with Crippen molar-refractivity contribution in [2.24, 2.45) is 5.41 Å². The highest BCUT2D eigenvalue weighted by Crippen LogP contribution is 2.41. The minimum absolute atomic E-state index is 0.225. The van der Waals surface area contributed by atoms with Gasteiger partial charge in [0, 0.05) is 19.3 Å². The Morgan fingerprint density at radius 3 is 2.25 bits per heavy atom. The topological polar surface area (TPSA) is 69.7 Å². The zero-order valence-corrected chi connectivity index (χ0v) is 16.5. The lowest BCUT2D eigenvalue weighted by molar-refractivity contribution is -0.142. The standard InChI is InChI=1S/C22H23N3O3/c1-13-5-7-17(15(3)9-13)25-20(27)22(19(26)23-21(25)28)11-16-10-14(2)6-8-18(16)24(4)12-22/h5-10H,11-12H2,1-4H3,(H,23,26,28). The number of amides is 4. The van der Waals surface area contributed by atoms with Crippen molar-refractivity contribution in [3.05, 3.63) is 58.7 Å². The average molecular weight is 377 g/mol. The molecule has 2 heterocycles. The van der Waals surface area contributed by atoms with Gasteiger partial charge in [0.25, 0.3) is 5.91 Å². The molecular weight excluding hydrogens is 354 g/mol. The second kappa shape index (κ2) is 6.19. The van der Waals surface area contributed by atoms with Crippen molar-refractivity contribution < 1.29 is 14.4 Å². The number of nitrogens with zero attached hydrogens (tertiary/aromatic N) is 2. The Hall–Kier alpha value is -3.15. The van der Waals surface area contributed by atoms with Crippen molar-refractivity contribution in [2.75, 3.05) is 23.4 Å². The Labute approximate surface area is 164 Å². The van der Waals surface area contributed by atoms with Gasteiger partial charge in [0.05, 0.1) is 5.69 Å². The number of carbonyl (C=O) groups excluding carboxylic acids is 3. The van der Waals surface area contributed by atoms with Gasteiger partial charge in [-0.1, -0.05) is 35.4 Å². The van der Waals surface area contributed by atoms with Gasteiger partial charge in [-0.25, -0.2) is 9.69 Å². The maximum Gasteiger partial charge on any atom is 0.335 e. The van der Waals surface area contributed by atoms with Crippen LogP contribution >= 0.6 is 0 Å². The zero-order chi connectivity index (χ0) is 20.2. The van der Waals surface area contributed by atoms with Crippen LogP contribution in [0.3, 0.4) is 0 Å². The highest BCUT2D eigenvalue weighted by Gasteiger charge is 2.56. The molecule has 1 saturated heterocycles. The van der Waals surface area contributed by atoms with E-state index in [1.807, 2.05) is 63.1 Å². The molecule has 2 aliphatic rings. The van der Waals surface area contributed by atoms with E-state index in [2.05, 4.69) is 5.32 Å². The molecule has 6 heteroatoms. The molecule has 2 aromatic rings. The summed E-state index contributed by atoms with van der Waals surface area (Å²) in [6.45, 7) is 6.02. The fourth-order valence-electron chi connectivity index (χ4n) is 4.35. The molecule has 4 amide bonds. The first kappa shape index (κ1) is 18.2. The van der Waals surface area contributed by atoms with Gasteiger partial charge < -0.3 is 4.90 Å². The predicted octanol–water partition coefficient (Wildman–Crippen LogP) is 2.87. The third-order valence-corrected chi connectivity index (χ3v) is 5.71. The largest absolute Gasteiger partial charge is 0.373 e. The molecule has 6 nitrogen and oxygen atoms in total. The Morgan fingerprint density at radius 1 is 0.929 bits per heavy atom. The van der Waals surface area contributed by atoms with Crippen LogP contribution in [0.5, 0.6) is 0 Å². The van der Waals surface area contributed by atoms with E-state index in [0.29, 0.717) is 5.69 Å². The molecule has 0 radical (unpaired) electrons. The van der Waals surface area contributed by atoms with E-state index in [1.165, 1.54) is 0 Å². The fourth-order valence-corrected chi connectivity index (χ4v) is 4.35. The summed E-state index contributed by atoms with van der Waals surface area (Å²) in [6.07, 6.45) is 0.272. The summed E-state index contributed by atoms with van der Waals surface area (Å²) < 4.78 is 0. The Balaban J connectivity index is 1.82. The molecule has 2 aromatic carbocycles. The Bertz CT molecular complexity index is 1030. The van der Waals surface area contributed by atoms with E-state index in [-0.39, 0.29) is 13.0 Å². The maximum absolute atomic E-state index is 13.6. The zero-order valence-electron chi connectivity index (χ0n) is 16.5. The van der Waals surface area contributed by atoms with Gasteiger partial charge in [-0.2, -0.15) is 0 Å². The second-order valence-corrected chi connectivity index (χ2v) is 7.94. The molecule has 0 aliphatic carbocycles. The van der Waals surface area contributed by atoms with Gasteiger partial charge in [-0.15, -0.1) is 0 Å². The summed E-state index contributed by atoms with van der Waals surface area (Å²) >= 11 is 0. The normalized spacial score (nSPS) is 21.8. The first-order chi connectivity index (χ1) is 13.2. The molecule has 1 atom stereocenters. The first-order valence-electron chi connectivity index (χ1n) is 9.31. The summed E-state index contributed by atoms with van der Waals surface area (Å²) in [6, 6.07) is 10.9. The lowest BCUT2D eigenvalue weighted by atomic mass is 9.74. The smallest absolute Gasteiger partial charge is 0.335 e. The number of benzene rings is 2. The number of aryl methyl sites for hydroxylation is 3. The lowest BCUT2D eigenvalue weighted by Gasteiger charge is -2.45. The third-order valence-electron chi connectivity index (χ3n) is 5.71. The molecule has 4 rings (SSSR count). The lowest BCUT2D eigenvalue weighted by Crippen LogP contribution is -2.68. The summed E-state index contributed by atoms with van der Waals surface area (Å²) in [5, 5.41) is 2.43. The van der Waals surface area contributed by atoms with Gasteiger partial charge in [0.15, 0.2) is 5.41 Å². The van der Waals surface area contributed by atoms with Gasteiger partial charge >= 0.3 is 6.03 Å². The van der Waals surface area contributed by atoms with Gasteiger partial charge in [-0.05, 0) is 50.5 Å². The molecule has 144 valence electrons. The highest BCUT2D eigenvalue weighted by molar-refractivity contribution is 6.30. The molecule has 0 aromatic heterocycles. The van der Waals surface area contributed by atoms with Crippen LogP contribution in [0.25, 0.3) is 0 Å². The molecule has 1 spiro atoms. The average Bonchev–Trinajstić information content (AvgIpc) is 2.61. The third kappa shape index (κ3) is 2.59. The molecule has 2 aliphatic heterocycles. The number of carbonyl (C=O) groups is 3. The van der Waals surface area contributed by atoms with Crippen LogP contribution < -0.4 is 15.1 Å². The van der Waals surface area contributed by atoms with Crippen LogP contribution in [0, 0.1) is 26.2 Å². The SMILES string of the molecule is Cc1ccc(N2C(=O)NC(=O)C3(Cc4cc(C)ccc4N(C)C3)C2=O)c(C)c1. The van der Waals surface area contributed by atoms with E-state index in [4.69, 9.17) is 0 Å². The Kier molecular flexibility index (Phi) is 4.03. The highest BCUT2D eigenvalue weighted by atomic mass is 16.2. The van der Waals surface area contributed by atoms with Crippen molar-refractivity contribution in [2.45, 2.75) is 27.2 Å². The second-order valence-electron chi connectivity index (χ2n) is 7.94. The van der Waals surface area contributed by atoms with Crippen LogP contribution in [-0.4, -0.2) is 31.4 Å². The van der Waals surface area contributed by atoms with Crippen LogP contribution in [-0.2, 0) is 16.0 Å².